The van der Waals surface area contributed by atoms with E-state index in [1.165, 1.54) is 23.1 Å². The van der Waals surface area contributed by atoms with E-state index in [1.807, 2.05) is 20.8 Å². The van der Waals surface area contributed by atoms with E-state index in [-0.39, 0.29) is 29.1 Å². The van der Waals surface area contributed by atoms with E-state index in [2.05, 4.69) is 5.32 Å². The Kier molecular flexibility index (Phi) is 11.1. The van der Waals surface area contributed by atoms with Crippen LogP contribution in [0.1, 0.15) is 43.9 Å². The highest BCUT2D eigenvalue weighted by Crippen LogP contribution is 2.31. The van der Waals surface area contributed by atoms with Gasteiger partial charge >= 0.3 is 0 Å². The van der Waals surface area contributed by atoms with Gasteiger partial charge < -0.3 is 10.2 Å². The summed E-state index contributed by atoms with van der Waals surface area (Å²) >= 11 is 19.1. The highest BCUT2D eigenvalue weighted by molar-refractivity contribution is 7.92. The maximum Gasteiger partial charge on any atom is 0.264 e. The molecule has 11 heteroatoms. The Hall–Kier alpha value is -2.78. The normalized spacial score (nSPS) is 12.9. The molecule has 3 rings (SSSR count). The van der Waals surface area contributed by atoms with E-state index in [4.69, 9.17) is 34.8 Å². The Morgan fingerprint density at radius 3 is 2.12 bits per heavy atom. The Morgan fingerprint density at radius 2 is 1.54 bits per heavy atom. The molecule has 0 spiro atoms. The standard InChI is InChI=1S/C30H34Cl3N3O4S/c1-6-21(4)34-30(38)22(5)35(17-25-26(32)8-7-9-27(25)33)29(37)18-36(28-16-23(31)13-12-20(28)3)41(39,40)24-14-10-19(2)11-15-24/h7-16,21-22H,6,17-18H2,1-5H3,(H,34,38)/t21-,22-/m1/s1. The van der Waals surface area contributed by atoms with Crippen LogP contribution in [0.3, 0.4) is 0 Å². The summed E-state index contributed by atoms with van der Waals surface area (Å²) in [6.45, 7) is 8.26. The molecule has 2 atom stereocenters. The van der Waals surface area contributed by atoms with Gasteiger partial charge in [0.05, 0.1) is 10.6 Å². The largest absolute Gasteiger partial charge is 0.352 e. The fourth-order valence-electron chi connectivity index (χ4n) is 4.10. The predicted molar refractivity (Wildman–Crippen MR) is 166 cm³/mol. The second-order valence-electron chi connectivity index (χ2n) is 9.97. The maximum absolute atomic E-state index is 14.1. The molecule has 220 valence electrons. The molecule has 3 aromatic rings. The molecular weight excluding hydrogens is 605 g/mol. The average Bonchev–Trinajstić information content (AvgIpc) is 2.92. The van der Waals surface area contributed by atoms with Crippen molar-refractivity contribution in [2.24, 2.45) is 0 Å². The van der Waals surface area contributed by atoms with Crippen molar-refractivity contribution in [1.82, 2.24) is 10.2 Å². The zero-order valence-corrected chi connectivity index (χ0v) is 26.7. The molecule has 41 heavy (non-hydrogen) atoms. The second kappa shape index (κ2) is 13.9. The lowest BCUT2D eigenvalue weighted by Gasteiger charge is -2.33. The van der Waals surface area contributed by atoms with Gasteiger partial charge in [0.15, 0.2) is 0 Å². The Bertz CT molecular complexity index is 1490. The van der Waals surface area contributed by atoms with Crippen molar-refractivity contribution in [1.29, 1.82) is 0 Å². The molecule has 7 nitrogen and oxygen atoms in total. The van der Waals surface area contributed by atoms with Crippen molar-refractivity contribution >= 4 is 62.3 Å². The van der Waals surface area contributed by atoms with Crippen LogP contribution in [0.2, 0.25) is 15.1 Å². The summed E-state index contributed by atoms with van der Waals surface area (Å²) in [6, 6.07) is 15.0. The highest BCUT2D eigenvalue weighted by atomic mass is 35.5. The van der Waals surface area contributed by atoms with E-state index in [1.54, 1.807) is 56.3 Å². The van der Waals surface area contributed by atoms with Crippen LogP contribution in [0.25, 0.3) is 0 Å². The number of rotatable bonds is 11. The van der Waals surface area contributed by atoms with Crippen molar-refractivity contribution in [2.75, 3.05) is 10.8 Å². The van der Waals surface area contributed by atoms with E-state index in [0.717, 1.165) is 9.87 Å². The highest BCUT2D eigenvalue weighted by Gasteiger charge is 2.34. The van der Waals surface area contributed by atoms with E-state index in [9.17, 15) is 18.0 Å². The number of carbonyl (C=O) groups excluding carboxylic acids is 2. The number of hydrogen-bond acceptors (Lipinski definition) is 4. The van der Waals surface area contributed by atoms with Crippen molar-refractivity contribution in [3.8, 4) is 0 Å². The number of anilines is 1. The molecule has 0 radical (unpaired) electrons. The minimum Gasteiger partial charge on any atom is -0.352 e. The first-order valence-corrected chi connectivity index (χ1v) is 15.7. The molecule has 0 saturated carbocycles. The number of amides is 2. The molecule has 0 aliphatic carbocycles. The summed E-state index contributed by atoms with van der Waals surface area (Å²) < 4.78 is 29.1. The van der Waals surface area contributed by atoms with Crippen molar-refractivity contribution in [2.45, 2.75) is 64.6 Å². The van der Waals surface area contributed by atoms with Gasteiger partial charge in [0.2, 0.25) is 11.8 Å². The van der Waals surface area contributed by atoms with Crippen LogP contribution in [-0.4, -0.2) is 43.8 Å². The predicted octanol–water partition coefficient (Wildman–Crippen LogP) is 6.79. The van der Waals surface area contributed by atoms with Crippen LogP contribution >= 0.6 is 34.8 Å². The van der Waals surface area contributed by atoms with Gasteiger partial charge in [-0.2, -0.15) is 0 Å². The van der Waals surface area contributed by atoms with Gasteiger partial charge in [-0.25, -0.2) is 8.42 Å². The summed E-state index contributed by atoms with van der Waals surface area (Å²) in [5.74, 6) is -1.01. The average molecular weight is 639 g/mol. The third kappa shape index (κ3) is 7.95. The second-order valence-corrected chi connectivity index (χ2v) is 13.1. The Morgan fingerprint density at radius 1 is 0.927 bits per heavy atom. The molecule has 0 bridgehead atoms. The van der Waals surface area contributed by atoms with Crippen LogP contribution in [0.15, 0.2) is 65.6 Å². The summed E-state index contributed by atoms with van der Waals surface area (Å²) in [5, 5.41) is 3.84. The lowest BCUT2D eigenvalue weighted by atomic mass is 10.1. The van der Waals surface area contributed by atoms with Crippen molar-refractivity contribution in [3.63, 3.8) is 0 Å². The summed E-state index contributed by atoms with van der Waals surface area (Å²) in [6.07, 6.45) is 0.694. The fraction of sp³-hybridized carbons (Fsp3) is 0.333. The van der Waals surface area contributed by atoms with Crippen LogP contribution in [0.4, 0.5) is 5.69 Å². The van der Waals surface area contributed by atoms with Crippen molar-refractivity contribution < 1.29 is 18.0 Å². The van der Waals surface area contributed by atoms with E-state index < -0.39 is 28.5 Å². The smallest absolute Gasteiger partial charge is 0.264 e. The third-order valence-electron chi connectivity index (χ3n) is 6.89. The van der Waals surface area contributed by atoms with Crippen LogP contribution in [-0.2, 0) is 26.2 Å². The fourth-order valence-corrected chi connectivity index (χ4v) is 6.26. The van der Waals surface area contributed by atoms with Crippen LogP contribution in [0.5, 0.6) is 0 Å². The van der Waals surface area contributed by atoms with Crippen LogP contribution < -0.4 is 9.62 Å². The first-order valence-electron chi connectivity index (χ1n) is 13.1. The molecular formula is C30H34Cl3N3O4S. The third-order valence-corrected chi connectivity index (χ3v) is 9.60. The molecule has 0 aromatic heterocycles. The summed E-state index contributed by atoms with van der Waals surface area (Å²) in [7, 11) is -4.22. The van der Waals surface area contributed by atoms with Gasteiger partial charge in [0.25, 0.3) is 10.0 Å². The number of carbonyl (C=O) groups is 2. The molecule has 2 amide bonds. The monoisotopic (exact) mass is 637 g/mol. The summed E-state index contributed by atoms with van der Waals surface area (Å²) in [5.41, 5.74) is 2.17. The molecule has 0 heterocycles. The Labute approximate surface area is 257 Å². The number of hydrogen-bond donors (Lipinski definition) is 1. The molecule has 0 aliphatic rings. The van der Waals surface area contributed by atoms with E-state index >= 15 is 0 Å². The molecule has 1 N–H and O–H groups in total. The minimum atomic E-state index is -4.22. The lowest BCUT2D eigenvalue weighted by molar-refractivity contribution is -0.139. The van der Waals surface area contributed by atoms with Gasteiger partial charge in [-0.15, -0.1) is 0 Å². The zero-order valence-electron chi connectivity index (χ0n) is 23.6. The summed E-state index contributed by atoms with van der Waals surface area (Å²) in [4.78, 5) is 28.6. The van der Waals surface area contributed by atoms with Gasteiger partial charge in [0, 0.05) is 33.2 Å². The number of benzene rings is 3. The Balaban J connectivity index is 2.11. The number of aryl methyl sites for hydroxylation is 2. The topological polar surface area (TPSA) is 86.8 Å². The van der Waals surface area contributed by atoms with Gasteiger partial charge in [-0.05, 0) is 76.1 Å². The minimum absolute atomic E-state index is 0.0125. The lowest BCUT2D eigenvalue weighted by Crippen LogP contribution is -2.52. The van der Waals surface area contributed by atoms with Crippen molar-refractivity contribution in [3.05, 3.63) is 92.4 Å². The SMILES string of the molecule is CC[C@@H](C)NC(=O)[C@@H](C)N(Cc1c(Cl)cccc1Cl)C(=O)CN(c1cc(Cl)ccc1C)S(=O)(=O)c1ccc(C)cc1. The number of nitrogens with one attached hydrogen (secondary N) is 1. The van der Waals surface area contributed by atoms with Gasteiger partial charge in [0.1, 0.15) is 12.6 Å². The zero-order chi connectivity index (χ0) is 30.5. The number of nitrogens with zero attached hydrogens (tertiary/aromatic N) is 2. The molecule has 0 unspecified atom stereocenters. The first kappa shape index (κ1) is 32.7. The molecule has 0 fully saturated rings. The molecule has 3 aromatic carbocycles. The number of sulfonamides is 1. The first-order chi connectivity index (χ1) is 19.3. The quantitative estimate of drug-likeness (QED) is 0.251. The van der Waals surface area contributed by atoms with Gasteiger partial charge in [-0.3, -0.25) is 13.9 Å². The molecule has 0 aliphatic heterocycles. The number of halogens is 3. The molecule has 0 saturated heterocycles. The van der Waals surface area contributed by atoms with E-state index in [0.29, 0.717) is 32.6 Å². The maximum atomic E-state index is 14.1. The van der Waals surface area contributed by atoms with Gasteiger partial charge in [-0.1, -0.05) is 71.6 Å². The van der Waals surface area contributed by atoms with Crippen LogP contribution in [0, 0.1) is 13.8 Å².